The molecular formula is C16H22O11. The zero-order valence-electron chi connectivity index (χ0n) is 15.6. The lowest BCUT2D eigenvalue weighted by atomic mass is 9.98. The summed E-state index contributed by atoms with van der Waals surface area (Å²) in [6, 6.07) is 0. The number of carbonyl (C=O) groups is 5. The molecule has 1 rings (SSSR count). The van der Waals surface area contributed by atoms with Crippen molar-refractivity contribution in [2.24, 2.45) is 0 Å². The van der Waals surface area contributed by atoms with Crippen LogP contribution in [-0.4, -0.2) is 67.2 Å². The van der Waals surface area contributed by atoms with Gasteiger partial charge in [0, 0.05) is 34.6 Å². The summed E-state index contributed by atoms with van der Waals surface area (Å²) in [5.74, 6) is -3.71. The van der Waals surface area contributed by atoms with E-state index in [1.165, 1.54) is 0 Å². The van der Waals surface area contributed by atoms with E-state index in [4.69, 9.17) is 28.4 Å². The highest BCUT2D eigenvalue weighted by atomic mass is 16.7. The Morgan fingerprint density at radius 3 is 1.52 bits per heavy atom. The van der Waals surface area contributed by atoms with Crippen molar-refractivity contribution < 1.29 is 52.4 Å². The molecule has 152 valence electrons. The minimum absolute atomic E-state index is 0.393. The Labute approximate surface area is 155 Å². The molecule has 0 bridgehead atoms. The molecule has 1 aliphatic rings. The maximum Gasteiger partial charge on any atom is 0.305 e. The Kier molecular flexibility index (Phi) is 8.16. The van der Waals surface area contributed by atoms with Crippen LogP contribution in [0.25, 0.3) is 0 Å². The lowest BCUT2D eigenvalue weighted by Crippen LogP contribution is -2.63. The monoisotopic (exact) mass is 390 g/mol. The number of hydrogen-bond donors (Lipinski definition) is 0. The Morgan fingerprint density at radius 2 is 1.07 bits per heavy atom. The molecule has 0 radical (unpaired) electrons. The fourth-order valence-electron chi connectivity index (χ4n) is 2.45. The fraction of sp³-hybridized carbons (Fsp3) is 0.688. The van der Waals surface area contributed by atoms with Crippen LogP contribution in [0.3, 0.4) is 0 Å². The van der Waals surface area contributed by atoms with Gasteiger partial charge in [-0.15, -0.1) is 0 Å². The van der Waals surface area contributed by atoms with Gasteiger partial charge in [-0.2, -0.15) is 0 Å². The molecule has 0 aromatic heterocycles. The number of rotatable bonds is 6. The third kappa shape index (κ3) is 7.21. The van der Waals surface area contributed by atoms with Gasteiger partial charge in [0.15, 0.2) is 12.2 Å². The van der Waals surface area contributed by atoms with Gasteiger partial charge in [0.1, 0.15) is 12.7 Å². The molecule has 1 fully saturated rings. The van der Waals surface area contributed by atoms with Gasteiger partial charge < -0.3 is 28.4 Å². The lowest BCUT2D eigenvalue weighted by Gasteiger charge is -2.43. The molecule has 0 N–H and O–H groups in total. The van der Waals surface area contributed by atoms with Crippen molar-refractivity contribution in [3.63, 3.8) is 0 Å². The molecular weight excluding hydrogens is 368 g/mol. The number of esters is 5. The Morgan fingerprint density at radius 1 is 0.630 bits per heavy atom. The van der Waals surface area contributed by atoms with Crippen LogP contribution in [0.2, 0.25) is 0 Å². The van der Waals surface area contributed by atoms with Crippen molar-refractivity contribution in [1.29, 1.82) is 0 Å². The molecule has 0 spiro atoms. The third-order valence-corrected chi connectivity index (χ3v) is 3.23. The first-order valence-corrected chi connectivity index (χ1v) is 7.99. The minimum Gasteiger partial charge on any atom is -0.463 e. The minimum atomic E-state index is -1.48. The van der Waals surface area contributed by atoms with E-state index in [-0.39, 0.29) is 0 Å². The van der Waals surface area contributed by atoms with Gasteiger partial charge in [-0.3, -0.25) is 24.0 Å². The van der Waals surface area contributed by atoms with Crippen molar-refractivity contribution in [1.82, 2.24) is 0 Å². The third-order valence-electron chi connectivity index (χ3n) is 3.23. The van der Waals surface area contributed by atoms with Gasteiger partial charge in [-0.1, -0.05) is 0 Å². The zero-order chi connectivity index (χ0) is 20.7. The molecule has 1 aliphatic heterocycles. The Balaban J connectivity index is 3.29. The van der Waals surface area contributed by atoms with Crippen LogP contribution >= 0.6 is 0 Å². The average molecular weight is 390 g/mol. The second-order valence-corrected chi connectivity index (χ2v) is 5.68. The summed E-state index contributed by atoms with van der Waals surface area (Å²) in [6.45, 7) is 5.13. The van der Waals surface area contributed by atoms with E-state index >= 15 is 0 Å². The van der Waals surface area contributed by atoms with E-state index in [1.807, 2.05) is 0 Å². The molecule has 0 amide bonds. The first-order valence-electron chi connectivity index (χ1n) is 7.99. The van der Waals surface area contributed by atoms with Crippen LogP contribution in [0.4, 0.5) is 0 Å². The Bertz CT molecular complexity index is 599. The summed E-state index contributed by atoms with van der Waals surface area (Å²) in [5, 5.41) is 0. The van der Waals surface area contributed by atoms with Gasteiger partial charge in [-0.25, -0.2) is 0 Å². The maximum absolute atomic E-state index is 11.5. The highest BCUT2D eigenvalue weighted by molar-refractivity contribution is 5.69. The molecule has 1 heterocycles. The zero-order valence-corrected chi connectivity index (χ0v) is 15.6. The summed E-state index contributed by atoms with van der Waals surface area (Å²) < 4.78 is 30.8. The van der Waals surface area contributed by atoms with E-state index in [9.17, 15) is 24.0 Å². The van der Waals surface area contributed by atoms with Gasteiger partial charge in [0.25, 0.3) is 0 Å². The van der Waals surface area contributed by atoms with Crippen molar-refractivity contribution in [2.75, 3.05) is 6.61 Å². The number of carbonyl (C=O) groups excluding carboxylic acids is 5. The summed E-state index contributed by atoms with van der Waals surface area (Å²) in [4.78, 5) is 57.0. The topological polar surface area (TPSA) is 141 Å². The van der Waals surface area contributed by atoms with E-state index in [0.717, 1.165) is 34.6 Å². The summed E-state index contributed by atoms with van der Waals surface area (Å²) in [6.07, 6.45) is -6.70. The molecule has 0 aliphatic carbocycles. The van der Waals surface area contributed by atoms with E-state index in [2.05, 4.69) is 0 Å². The van der Waals surface area contributed by atoms with Crippen LogP contribution in [0.15, 0.2) is 0 Å². The normalized spacial score (nSPS) is 27.1. The van der Waals surface area contributed by atoms with Gasteiger partial charge in [0.2, 0.25) is 12.4 Å². The van der Waals surface area contributed by atoms with Crippen molar-refractivity contribution in [3.8, 4) is 0 Å². The standard InChI is InChI=1S/C16H22O11/c1-7(17)22-6-12-13(23-8(2)18)14(24-9(3)19)15(25-10(4)20)16(27-12)26-11(5)21/h12-16H,6H2,1-5H3/t12-,13+,14+,15-,16-/m1/s1. The molecule has 27 heavy (non-hydrogen) atoms. The molecule has 1 saturated heterocycles. The first kappa shape index (κ1) is 22.4. The van der Waals surface area contributed by atoms with Gasteiger partial charge in [0.05, 0.1) is 0 Å². The second-order valence-electron chi connectivity index (χ2n) is 5.68. The maximum atomic E-state index is 11.5. The molecule has 11 heteroatoms. The predicted octanol–water partition coefficient (Wildman–Crippen LogP) is -0.367. The summed E-state index contributed by atoms with van der Waals surface area (Å²) in [5.41, 5.74) is 0. The van der Waals surface area contributed by atoms with E-state index in [0.29, 0.717) is 0 Å². The lowest BCUT2D eigenvalue weighted by molar-refractivity contribution is -0.300. The predicted molar refractivity (Wildman–Crippen MR) is 83.7 cm³/mol. The highest BCUT2D eigenvalue weighted by Crippen LogP contribution is 2.29. The van der Waals surface area contributed by atoms with Crippen LogP contribution in [0.5, 0.6) is 0 Å². The number of hydrogen-bond acceptors (Lipinski definition) is 11. The fourth-order valence-corrected chi connectivity index (χ4v) is 2.45. The Hall–Kier alpha value is -2.69. The SMILES string of the molecule is CC(=O)OC[C@H]1O[C@@H](OC(C)=O)[C@H](OC(C)=O)[C@@H](OC(C)=O)[C@H]1OC(C)=O. The van der Waals surface area contributed by atoms with Crippen molar-refractivity contribution in [2.45, 2.75) is 65.3 Å². The summed E-state index contributed by atoms with van der Waals surface area (Å²) in [7, 11) is 0. The van der Waals surface area contributed by atoms with E-state index < -0.39 is 67.2 Å². The number of ether oxygens (including phenoxy) is 6. The average Bonchev–Trinajstić information content (AvgIpc) is 2.49. The largest absolute Gasteiger partial charge is 0.463 e. The second kappa shape index (κ2) is 9.86. The van der Waals surface area contributed by atoms with Crippen LogP contribution in [0.1, 0.15) is 34.6 Å². The van der Waals surface area contributed by atoms with Crippen molar-refractivity contribution >= 4 is 29.8 Å². The summed E-state index contributed by atoms with van der Waals surface area (Å²) >= 11 is 0. The quantitative estimate of drug-likeness (QED) is 0.433. The smallest absolute Gasteiger partial charge is 0.305 e. The molecule has 0 aromatic rings. The van der Waals surface area contributed by atoms with Gasteiger partial charge >= 0.3 is 29.8 Å². The molecule has 0 aromatic carbocycles. The molecule has 0 unspecified atom stereocenters. The van der Waals surface area contributed by atoms with Gasteiger partial charge in [-0.05, 0) is 0 Å². The van der Waals surface area contributed by atoms with Crippen molar-refractivity contribution in [3.05, 3.63) is 0 Å². The first-order chi connectivity index (χ1) is 12.5. The highest BCUT2D eigenvalue weighted by Gasteiger charge is 2.53. The van der Waals surface area contributed by atoms with E-state index in [1.54, 1.807) is 0 Å². The van der Waals surface area contributed by atoms with Crippen LogP contribution in [-0.2, 0) is 52.4 Å². The molecule has 11 nitrogen and oxygen atoms in total. The molecule has 5 atom stereocenters. The van der Waals surface area contributed by atoms with Crippen LogP contribution in [0, 0.1) is 0 Å². The van der Waals surface area contributed by atoms with Crippen LogP contribution < -0.4 is 0 Å². The molecule has 0 saturated carbocycles.